The number of hydrogen-bond donors (Lipinski definition) is 1. The predicted octanol–water partition coefficient (Wildman–Crippen LogP) is 2.21. The Kier molecular flexibility index (Phi) is 4.11. The fourth-order valence-corrected chi connectivity index (χ4v) is 2.19. The second kappa shape index (κ2) is 5.02. The van der Waals surface area contributed by atoms with Gasteiger partial charge in [-0.1, -0.05) is 6.07 Å². The summed E-state index contributed by atoms with van der Waals surface area (Å²) in [5.41, 5.74) is -0.231. The number of rotatable bonds is 4. The molecular formula is C13H20FNO2. The fourth-order valence-electron chi connectivity index (χ4n) is 2.19. The summed E-state index contributed by atoms with van der Waals surface area (Å²) >= 11 is 0. The van der Waals surface area contributed by atoms with Gasteiger partial charge in [0.25, 0.3) is 0 Å². The summed E-state index contributed by atoms with van der Waals surface area (Å²) in [5.74, 6) is -0.205. The van der Waals surface area contributed by atoms with Gasteiger partial charge in [0.1, 0.15) is 0 Å². The molecule has 0 aliphatic heterocycles. The highest BCUT2D eigenvalue weighted by Crippen LogP contribution is 2.32. The van der Waals surface area contributed by atoms with Crippen LogP contribution in [0.15, 0.2) is 18.2 Å². The summed E-state index contributed by atoms with van der Waals surface area (Å²) in [6.45, 7) is 3.42. The largest absolute Gasteiger partial charge is 0.494 e. The van der Waals surface area contributed by atoms with Gasteiger partial charge >= 0.3 is 0 Å². The lowest BCUT2D eigenvalue weighted by atomic mass is 9.91. The highest BCUT2D eigenvalue weighted by atomic mass is 19.1. The molecule has 4 heteroatoms. The Balaban J connectivity index is 3.17. The smallest absolute Gasteiger partial charge is 0.165 e. The van der Waals surface area contributed by atoms with Crippen molar-refractivity contribution in [3.63, 3.8) is 0 Å². The Morgan fingerprint density at radius 3 is 2.29 bits per heavy atom. The van der Waals surface area contributed by atoms with Crippen LogP contribution >= 0.6 is 0 Å². The standard InChI is InChI=1S/C13H20FNO2/c1-13(2,16)12(15(3)4)9-6-7-11(17-5)10(14)8-9/h6-8,12,16H,1-5H3. The van der Waals surface area contributed by atoms with Crippen molar-refractivity contribution in [3.05, 3.63) is 29.6 Å². The molecule has 1 rings (SSSR count). The lowest BCUT2D eigenvalue weighted by Gasteiger charge is -2.35. The van der Waals surface area contributed by atoms with Gasteiger partial charge in [0.15, 0.2) is 11.6 Å². The first-order valence-electron chi connectivity index (χ1n) is 5.49. The van der Waals surface area contributed by atoms with E-state index in [0.29, 0.717) is 0 Å². The highest BCUT2D eigenvalue weighted by molar-refractivity contribution is 5.32. The quantitative estimate of drug-likeness (QED) is 0.877. The minimum absolute atomic E-state index is 0.210. The van der Waals surface area contributed by atoms with Crippen molar-refractivity contribution in [2.45, 2.75) is 25.5 Å². The summed E-state index contributed by atoms with van der Waals surface area (Å²) < 4.78 is 18.5. The lowest BCUT2D eigenvalue weighted by Crippen LogP contribution is -2.38. The maximum Gasteiger partial charge on any atom is 0.165 e. The number of benzene rings is 1. The average Bonchev–Trinajstić information content (AvgIpc) is 2.15. The molecule has 0 amide bonds. The number of nitrogens with zero attached hydrogens (tertiary/aromatic N) is 1. The summed E-state index contributed by atoms with van der Waals surface area (Å²) in [6, 6.07) is 4.47. The Bertz CT molecular complexity index is 385. The molecule has 3 nitrogen and oxygen atoms in total. The second-order valence-electron chi connectivity index (χ2n) is 4.91. The van der Waals surface area contributed by atoms with E-state index in [-0.39, 0.29) is 11.8 Å². The maximum absolute atomic E-state index is 13.6. The molecule has 0 bridgehead atoms. The first-order chi connectivity index (χ1) is 7.77. The maximum atomic E-state index is 13.6. The van der Waals surface area contributed by atoms with Crippen LogP contribution in [0, 0.1) is 5.82 Å². The minimum atomic E-state index is -0.954. The highest BCUT2D eigenvalue weighted by Gasteiger charge is 2.30. The van der Waals surface area contributed by atoms with Gasteiger partial charge in [-0.3, -0.25) is 4.90 Å². The molecule has 0 heterocycles. The van der Waals surface area contributed by atoms with Crippen LogP contribution in [-0.2, 0) is 0 Å². The van der Waals surface area contributed by atoms with E-state index in [4.69, 9.17) is 4.74 Å². The van der Waals surface area contributed by atoms with E-state index in [1.54, 1.807) is 26.0 Å². The number of hydrogen-bond acceptors (Lipinski definition) is 3. The van der Waals surface area contributed by atoms with Gasteiger partial charge < -0.3 is 9.84 Å². The van der Waals surface area contributed by atoms with E-state index in [1.165, 1.54) is 13.2 Å². The molecule has 1 aromatic carbocycles. The van der Waals surface area contributed by atoms with Crippen LogP contribution in [0.5, 0.6) is 5.75 Å². The molecule has 1 aromatic rings. The zero-order valence-corrected chi connectivity index (χ0v) is 11.0. The molecule has 17 heavy (non-hydrogen) atoms. The number of likely N-dealkylation sites (N-methyl/N-ethyl adjacent to an activating group) is 1. The van der Waals surface area contributed by atoms with Gasteiger partial charge in [-0.25, -0.2) is 4.39 Å². The lowest BCUT2D eigenvalue weighted by molar-refractivity contribution is -0.00327. The second-order valence-corrected chi connectivity index (χ2v) is 4.91. The first kappa shape index (κ1) is 13.9. The first-order valence-corrected chi connectivity index (χ1v) is 5.49. The van der Waals surface area contributed by atoms with Crippen molar-refractivity contribution < 1.29 is 14.2 Å². The Hall–Kier alpha value is -1.13. The molecule has 0 fully saturated rings. The molecule has 1 unspecified atom stereocenters. The van der Waals surface area contributed by atoms with Crippen LogP contribution in [0.4, 0.5) is 4.39 Å². The van der Waals surface area contributed by atoms with Crippen LogP contribution in [0.25, 0.3) is 0 Å². The molecule has 96 valence electrons. The summed E-state index contributed by atoms with van der Waals surface area (Å²) in [5, 5.41) is 10.1. The Labute approximate surface area is 102 Å². The van der Waals surface area contributed by atoms with E-state index < -0.39 is 11.4 Å². The zero-order valence-electron chi connectivity index (χ0n) is 11.0. The average molecular weight is 241 g/mol. The monoisotopic (exact) mass is 241 g/mol. The van der Waals surface area contributed by atoms with E-state index in [9.17, 15) is 9.50 Å². The molecule has 1 N–H and O–H groups in total. The molecule has 0 aromatic heterocycles. The molecule has 1 atom stereocenters. The number of methoxy groups -OCH3 is 1. The molecule has 0 spiro atoms. The van der Waals surface area contributed by atoms with Crippen LogP contribution in [0.1, 0.15) is 25.5 Å². The minimum Gasteiger partial charge on any atom is -0.494 e. The van der Waals surface area contributed by atoms with Gasteiger partial charge in [-0.15, -0.1) is 0 Å². The van der Waals surface area contributed by atoms with E-state index in [1.807, 2.05) is 19.0 Å². The van der Waals surface area contributed by atoms with Gasteiger partial charge in [-0.2, -0.15) is 0 Å². The van der Waals surface area contributed by atoms with Crippen LogP contribution < -0.4 is 4.74 Å². The van der Waals surface area contributed by atoms with Crippen molar-refractivity contribution in [2.24, 2.45) is 0 Å². The SMILES string of the molecule is COc1ccc(C(N(C)C)C(C)(C)O)cc1F. The van der Waals surface area contributed by atoms with Crippen LogP contribution in [0.3, 0.4) is 0 Å². The van der Waals surface area contributed by atoms with Crippen molar-refractivity contribution >= 4 is 0 Å². The third-order valence-corrected chi connectivity index (χ3v) is 2.68. The molecule has 0 saturated carbocycles. The van der Waals surface area contributed by atoms with Gasteiger partial charge in [0.05, 0.1) is 18.8 Å². The third-order valence-electron chi connectivity index (χ3n) is 2.68. The van der Waals surface area contributed by atoms with E-state index >= 15 is 0 Å². The molecule has 0 saturated heterocycles. The Morgan fingerprint density at radius 2 is 1.94 bits per heavy atom. The number of aliphatic hydroxyl groups is 1. The molecule has 0 aliphatic carbocycles. The van der Waals surface area contributed by atoms with E-state index in [2.05, 4.69) is 0 Å². The fraction of sp³-hybridized carbons (Fsp3) is 0.538. The van der Waals surface area contributed by atoms with Gasteiger partial charge in [0, 0.05) is 0 Å². The third kappa shape index (κ3) is 3.17. The van der Waals surface area contributed by atoms with Crippen LogP contribution in [0.2, 0.25) is 0 Å². The Morgan fingerprint density at radius 1 is 1.35 bits per heavy atom. The van der Waals surface area contributed by atoms with Gasteiger partial charge in [-0.05, 0) is 45.6 Å². The van der Waals surface area contributed by atoms with Crippen molar-refractivity contribution in [1.29, 1.82) is 0 Å². The molecule has 0 radical (unpaired) electrons. The van der Waals surface area contributed by atoms with Crippen molar-refractivity contribution in [3.8, 4) is 5.75 Å². The number of ether oxygens (including phenoxy) is 1. The summed E-state index contributed by atoms with van der Waals surface area (Å²) in [7, 11) is 5.13. The normalized spacial score (nSPS) is 13.9. The summed E-state index contributed by atoms with van der Waals surface area (Å²) in [6.07, 6.45) is 0. The predicted molar refractivity (Wildman–Crippen MR) is 65.7 cm³/mol. The molecular weight excluding hydrogens is 221 g/mol. The van der Waals surface area contributed by atoms with Gasteiger partial charge in [0.2, 0.25) is 0 Å². The van der Waals surface area contributed by atoms with Crippen molar-refractivity contribution in [2.75, 3.05) is 21.2 Å². The van der Waals surface area contributed by atoms with Crippen molar-refractivity contribution in [1.82, 2.24) is 4.90 Å². The number of halogens is 1. The van der Waals surface area contributed by atoms with E-state index in [0.717, 1.165) is 5.56 Å². The zero-order chi connectivity index (χ0) is 13.2. The molecule has 0 aliphatic rings. The summed E-state index contributed by atoms with van der Waals surface area (Å²) in [4.78, 5) is 1.86. The topological polar surface area (TPSA) is 32.7 Å². The van der Waals surface area contributed by atoms with Crippen LogP contribution in [-0.4, -0.2) is 36.8 Å².